The van der Waals surface area contributed by atoms with Gasteiger partial charge in [-0.25, -0.2) is 0 Å². The smallest absolute Gasteiger partial charge is 0.123 e. The van der Waals surface area contributed by atoms with Crippen molar-refractivity contribution in [3.63, 3.8) is 0 Å². The lowest BCUT2D eigenvalue weighted by Gasteiger charge is -1.96. The Bertz CT molecular complexity index is 87.4. The van der Waals surface area contributed by atoms with Crippen LogP contribution in [0.4, 0.5) is 0 Å². The topological polar surface area (TPSA) is 23.8 Å². The molecule has 7 heavy (non-hydrogen) atoms. The Balaban J connectivity index is 3.40. The maximum Gasteiger partial charge on any atom is 0.123 e. The molecule has 0 bridgehead atoms. The molecule has 0 fully saturated rings. The van der Waals surface area contributed by atoms with Gasteiger partial charge in [0, 0.05) is 0 Å². The van der Waals surface area contributed by atoms with E-state index in [2.05, 4.69) is 54.5 Å². The molecule has 0 aliphatic rings. The minimum absolute atomic E-state index is 0.0758. The molecule has 0 rings (SSSR count). The number of rotatable bonds is 1. The minimum atomic E-state index is -0.0758. The summed E-state index contributed by atoms with van der Waals surface area (Å²) in [5.74, 6) is 0. The number of halogens is 3. The summed E-state index contributed by atoms with van der Waals surface area (Å²) in [5, 5.41) is 8.17. The molecule has 0 aliphatic carbocycles. The van der Waals surface area contributed by atoms with Gasteiger partial charge in [0.05, 0.1) is 8.90 Å². The van der Waals surface area contributed by atoms with Crippen molar-refractivity contribution < 1.29 is 0 Å². The molecule has 0 N–H and O–H groups in total. The van der Waals surface area contributed by atoms with Crippen LogP contribution in [-0.2, 0) is 0 Å². The van der Waals surface area contributed by atoms with Gasteiger partial charge in [-0.3, -0.25) is 0 Å². The summed E-state index contributed by atoms with van der Waals surface area (Å²) >= 11 is 8.46. The van der Waals surface area contributed by atoms with Crippen molar-refractivity contribution in [3.8, 4) is 6.07 Å². The van der Waals surface area contributed by atoms with Gasteiger partial charge in [0.25, 0.3) is 0 Å². The van der Waals surface area contributed by atoms with Crippen molar-refractivity contribution in [2.45, 2.75) is 7.66 Å². The molecule has 0 aromatic rings. The maximum absolute atomic E-state index is 8.17. The Morgan fingerprint density at radius 1 is 1.57 bits per heavy atom. The Morgan fingerprint density at radius 2 is 2.00 bits per heavy atom. The van der Waals surface area contributed by atoms with E-state index in [4.69, 9.17) is 5.26 Å². The lowest BCUT2D eigenvalue weighted by Crippen LogP contribution is -2.00. The molecule has 0 radical (unpaired) electrons. The molecule has 2 unspecified atom stereocenters. The Labute approximate surface area is 72.9 Å². The van der Waals surface area contributed by atoms with Gasteiger partial charge < -0.3 is 0 Å². The van der Waals surface area contributed by atoms with Crippen LogP contribution in [0.5, 0.6) is 0 Å². The molecule has 0 aliphatic heterocycles. The summed E-state index contributed by atoms with van der Waals surface area (Å²) < 4.78 is 0.204. The third-order valence-corrected chi connectivity index (χ3v) is 4.02. The Hall–Kier alpha value is 1.18. The molecular weight excluding hydrogens is 337 g/mol. The van der Waals surface area contributed by atoms with Gasteiger partial charge in [-0.1, -0.05) is 54.5 Å². The summed E-state index contributed by atoms with van der Waals surface area (Å²) in [6.07, 6.45) is 0. The zero-order valence-electron chi connectivity index (χ0n) is 3.24. The minimum Gasteiger partial charge on any atom is -0.197 e. The first-order chi connectivity index (χ1) is 3.18. The SMILES string of the molecule is N#CC(Br)C(Br)I. The normalized spacial score (nSPS) is 17.4. The third kappa shape index (κ3) is 3.74. The van der Waals surface area contributed by atoms with Crippen LogP contribution in [0.15, 0.2) is 0 Å². The molecule has 0 saturated carbocycles. The first kappa shape index (κ1) is 8.18. The van der Waals surface area contributed by atoms with Gasteiger partial charge >= 0.3 is 0 Å². The molecule has 1 nitrogen and oxygen atoms in total. The van der Waals surface area contributed by atoms with Gasteiger partial charge in [-0.05, 0) is 0 Å². The summed E-state index contributed by atoms with van der Waals surface area (Å²) in [7, 11) is 0. The third-order valence-electron chi connectivity index (χ3n) is 0.345. The second kappa shape index (κ2) is 4.10. The highest BCUT2D eigenvalue weighted by molar-refractivity contribution is 14.1. The van der Waals surface area contributed by atoms with E-state index in [1.54, 1.807) is 0 Å². The fourth-order valence-corrected chi connectivity index (χ4v) is 0.335. The molecule has 0 heterocycles. The van der Waals surface area contributed by atoms with E-state index in [1.807, 2.05) is 6.07 Å². The monoisotopic (exact) mass is 337 g/mol. The predicted molar refractivity (Wildman–Crippen MR) is 45.1 cm³/mol. The van der Waals surface area contributed by atoms with Crippen molar-refractivity contribution in [1.82, 2.24) is 0 Å². The highest BCUT2D eigenvalue weighted by atomic mass is 127. The van der Waals surface area contributed by atoms with E-state index in [1.165, 1.54) is 0 Å². The second-order valence-corrected chi connectivity index (χ2v) is 5.89. The van der Waals surface area contributed by atoms with Crippen LogP contribution in [0.3, 0.4) is 0 Å². The van der Waals surface area contributed by atoms with Crippen molar-refractivity contribution in [2.24, 2.45) is 0 Å². The van der Waals surface area contributed by atoms with E-state index >= 15 is 0 Å². The fraction of sp³-hybridized carbons (Fsp3) is 0.667. The van der Waals surface area contributed by atoms with Gasteiger partial charge in [0.2, 0.25) is 0 Å². The molecule has 0 spiro atoms. The molecule has 0 saturated heterocycles. The number of nitriles is 1. The van der Waals surface area contributed by atoms with Crippen LogP contribution in [0.1, 0.15) is 0 Å². The van der Waals surface area contributed by atoms with Gasteiger partial charge in [-0.2, -0.15) is 5.26 Å². The summed E-state index contributed by atoms with van der Waals surface area (Å²) in [6, 6.07) is 2.03. The van der Waals surface area contributed by atoms with Gasteiger partial charge in [-0.15, -0.1) is 0 Å². The van der Waals surface area contributed by atoms with E-state index in [-0.39, 0.29) is 7.66 Å². The average Bonchev–Trinajstić information content (AvgIpc) is 1.65. The quantitative estimate of drug-likeness (QED) is 0.532. The van der Waals surface area contributed by atoms with Crippen LogP contribution < -0.4 is 0 Å². The van der Waals surface area contributed by atoms with E-state index < -0.39 is 0 Å². The molecule has 0 aromatic carbocycles. The number of nitrogens with zero attached hydrogens (tertiary/aromatic N) is 1. The maximum atomic E-state index is 8.17. The number of alkyl halides is 3. The highest BCUT2D eigenvalue weighted by Gasteiger charge is 2.08. The summed E-state index contributed by atoms with van der Waals surface area (Å²) in [4.78, 5) is -0.0758. The van der Waals surface area contributed by atoms with Crippen molar-refractivity contribution in [2.75, 3.05) is 0 Å². The summed E-state index contributed by atoms with van der Waals surface area (Å²) in [6.45, 7) is 0. The fourth-order valence-electron chi connectivity index (χ4n) is 0.0563. The molecule has 0 aromatic heterocycles. The largest absolute Gasteiger partial charge is 0.197 e. The molecule has 4 heteroatoms. The van der Waals surface area contributed by atoms with Gasteiger partial charge in [0.15, 0.2) is 0 Å². The molecular formula is C3H2Br2IN. The lowest BCUT2D eigenvalue weighted by molar-refractivity contribution is 1.27. The predicted octanol–water partition coefficient (Wildman–Crippen LogP) is 2.43. The zero-order chi connectivity index (χ0) is 5.86. The van der Waals surface area contributed by atoms with Crippen LogP contribution >= 0.6 is 54.5 Å². The van der Waals surface area contributed by atoms with Crippen LogP contribution in [0.25, 0.3) is 0 Å². The lowest BCUT2D eigenvalue weighted by atomic mass is 10.6. The van der Waals surface area contributed by atoms with Gasteiger partial charge in [0.1, 0.15) is 4.83 Å². The van der Waals surface area contributed by atoms with Crippen molar-refractivity contribution in [1.29, 1.82) is 5.26 Å². The molecule has 2 atom stereocenters. The zero-order valence-corrected chi connectivity index (χ0v) is 8.57. The number of hydrogen-bond acceptors (Lipinski definition) is 1. The Kier molecular flexibility index (Phi) is 4.79. The second-order valence-electron chi connectivity index (χ2n) is 0.865. The summed E-state index contributed by atoms with van der Waals surface area (Å²) in [5.41, 5.74) is 0. The van der Waals surface area contributed by atoms with Crippen LogP contribution in [0, 0.1) is 11.3 Å². The van der Waals surface area contributed by atoms with E-state index in [9.17, 15) is 0 Å². The van der Waals surface area contributed by atoms with Crippen molar-refractivity contribution in [3.05, 3.63) is 0 Å². The van der Waals surface area contributed by atoms with Crippen LogP contribution in [-0.4, -0.2) is 7.66 Å². The first-order valence-corrected chi connectivity index (χ1v) is 4.58. The van der Waals surface area contributed by atoms with Crippen molar-refractivity contribution >= 4 is 54.5 Å². The standard InChI is InChI=1S/C3H2Br2IN/c4-2(1-7)3(5)6/h2-3H. The first-order valence-electron chi connectivity index (χ1n) is 1.50. The molecule has 40 valence electrons. The Morgan fingerprint density at radius 3 is 2.00 bits per heavy atom. The number of hydrogen-bond donors (Lipinski definition) is 0. The highest BCUT2D eigenvalue weighted by Crippen LogP contribution is 2.19. The van der Waals surface area contributed by atoms with Crippen LogP contribution in [0.2, 0.25) is 0 Å². The van der Waals surface area contributed by atoms with E-state index in [0.717, 1.165) is 0 Å². The average molecular weight is 339 g/mol. The molecule has 0 amide bonds. The van der Waals surface area contributed by atoms with E-state index in [0.29, 0.717) is 0 Å².